The molecule has 0 aliphatic carbocycles. The standard InChI is InChI=1S/C21H22N4O3/c1-15-4-2-6-17(23-15)13-28-14-19-12-24(11-18-8-9-22-25(18)19)21(27)16-5-3-7-20(26)10-16/h2-10,19,26H,11-14H2,1H3/t19-/m0/s1. The lowest BCUT2D eigenvalue weighted by Gasteiger charge is -2.34. The summed E-state index contributed by atoms with van der Waals surface area (Å²) in [5.74, 6) is -0.0351. The number of amides is 1. The van der Waals surface area contributed by atoms with Gasteiger partial charge in [0.2, 0.25) is 0 Å². The van der Waals surface area contributed by atoms with Crippen molar-refractivity contribution in [1.29, 1.82) is 0 Å². The Hall–Kier alpha value is -3.19. The van der Waals surface area contributed by atoms with Crippen LogP contribution in [0.5, 0.6) is 5.75 Å². The smallest absolute Gasteiger partial charge is 0.254 e. The molecule has 0 bridgehead atoms. The molecule has 4 rings (SSSR count). The topological polar surface area (TPSA) is 80.5 Å². The van der Waals surface area contributed by atoms with Crippen molar-refractivity contribution >= 4 is 5.91 Å². The molecule has 144 valence electrons. The van der Waals surface area contributed by atoms with E-state index in [4.69, 9.17) is 4.74 Å². The first kappa shape index (κ1) is 18.2. The highest BCUT2D eigenvalue weighted by atomic mass is 16.5. The highest BCUT2D eigenvalue weighted by molar-refractivity contribution is 5.94. The van der Waals surface area contributed by atoms with Crippen LogP contribution in [0.2, 0.25) is 0 Å². The van der Waals surface area contributed by atoms with Crippen molar-refractivity contribution in [2.24, 2.45) is 0 Å². The number of fused-ring (bicyclic) bond motifs is 1. The van der Waals surface area contributed by atoms with Gasteiger partial charge in [-0.05, 0) is 43.3 Å². The first-order valence-corrected chi connectivity index (χ1v) is 9.21. The maximum atomic E-state index is 12.9. The third kappa shape index (κ3) is 3.89. The molecule has 1 N–H and O–H groups in total. The Morgan fingerprint density at radius 2 is 2.11 bits per heavy atom. The van der Waals surface area contributed by atoms with Crippen LogP contribution in [-0.4, -0.2) is 43.8 Å². The van der Waals surface area contributed by atoms with Gasteiger partial charge in [0.25, 0.3) is 5.91 Å². The quantitative estimate of drug-likeness (QED) is 0.738. The summed E-state index contributed by atoms with van der Waals surface area (Å²) in [6.07, 6.45) is 1.74. The van der Waals surface area contributed by atoms with Gasteiger partial charge in [-0.1, -0.05) is 12.1 Å². The van der Waals surface area contributed by atoms with Crippen molar-refractivity contribution in [3.05, 3.63) is 77.4 Å². The molecule has 3 heterocycles. The van der Waals surface area contributed by atoms with E-state index in [1.54, 1.807) is 29.3 Å². The number of aromatic hydroxyl groups is 1. The van der Waals surface area contributed by atoms with Gasteiger partial charge in [-0.15, -0.1) is 0 Å². The lowest BCUT2D eigenvalue weighted by molar-refractivity contribution is 0.0440. The van der Waals surface area contributed by atoms with Gasteiger partial charge < -0.3 is 14.7 Å². The van der Waals surface area contributed by atoms with Crippen LogP contribution >= 0.6 is 0 Å². The van der Waals surface area contributed by atoms with E-state index >= 15 is 0 Å². The lowest BCUT2D eigenvalue weighted by atomic mass is 10.1. The van der Waals surface area contributed by atoms with Crippen molar-refractivity contribution in [1.82, 2.24) is 19.7 Å². The van der Waals surface area contributed by atoms with Crippen LogP contribution in [0.15, 0.2) is 54.7 Å². The largest absolute Gasteiger partial charge is 0.508 e. The van der Waals surface area contributed by atoms with Crippen LogP contribution in [-0.2, 0) is 17.9 Å². The third-order valence-corrected chi connectivity index (χ3v) is 4.77. The highest BCUT2D eigenvalue weighted by Crippen LogP contribution is 2.23. The van der Waals surface area contributed by atoms with E-state index in [0.29, 0.717) is 31.9 Å². The number of benzene rings is 1. The summed E-state index contributed by atoms with van der Waals surface area (Å²) in [6, 6.07) is 14.1. The highest BCUT2D eigenvalue weighted by Gasteiger charge is 2.29. The van der Waals surface area contributed by atoms with Crippen LogP contribution in [0.4, 0.5) is 0 Å². The average molecular weight is 378 g/mol. The van der Waals surface area contributed by atoms with Gasteiger partial charge in [-0.3, -0.25) is 14.5 Å². The number of nitrogens with zero attached hydrogens (tertiary/aromatic N) is 4. The maximum Gasteiger partial charge on any atom is 0.254 e. The van der Waals surface area contributed by atoms with E-state index in [1.807, 2.05) is 35.9 Å². The minimum Gasteiger partial charge on any atom is -0.508 e. The number of hydrogen-bond acceptors (Lipinski definition) is 5. The number of phenolic OH excluding ortho intramolecular Hbond substituents is 1. The fraction of sp³-hybridized carbons (Fsp3) is 0.286. The Morgan fingerprint density at radius 1 is 1.25 bits per heavy atom. The molecule has 0 radical (unpaired) electrons. The summed E-state index contributed by atoms with van der Waals surface area (Å²) in [4.78, 5) is 19.1. The Labute approximate surface area is 163 Å². The molecule has 1 aliphatic heterocycles. The molecular weight excluding hydrogens is 356 g/mol. The Bertz CT molecular complexity index is 985. The zero-order chi connectivity index (χ0) is 19.5. The molecule has 0 spiro atoms. The van der Waals surface area contributed by atoms with Gasteiger partial charge in [0, 0.05) is 24.0 Å². The van der Waals surface area contributed by atoms with Crippen LogP contribution in [0.25, 0.3) is 0 Å². The van der Waals surface area contributed by atoms with Gasteiger partial charge in [-0.25, -0.2) is 0 Å². The van der Waals surface area contributed by atoms with Gasteiger partial charge >= 0.3 is 0 Å². The van der Waals surface area contributed by atoms with Crippen molar-refractivity contribution < 1.29 is 14.6 Å². The molecule has 1 aliphatic rings. The summed E-state index contributed by atoms with van der Waals surface area (Å²) < 4.78 is 7.82. The normalized spacial score (nSPS) is 16.0. The fourth-order valence-corrected chi connectivity index (χ4v) is 3.47. The molecule has 1 atom stereocenters. The lowest BCUT2D eigenvalue weighted by Crippen LogP contribution is -2.42. The number of carbonyl (C=O) groups is 1. The zero-order valence-electron chi connectivity index (χ0n) is 15.7. The first-order valence-electron chi connectivity index (χ1n) is 9.21. The third-order valence-electron chi connectivity index (χ3n) is 4.77. The first-order chi connectivity index (χ1) is 13.6. The molecule has 3 aromatic rings. The molecule has 1 aromatic carbocycles. The molecule has 7 heteroatoms. The Morgan fingerprint density at radius 3 is 2.93 bits per heavy atom. The van der Waals surface area contributed by atoms with Gasteiger partial charge in [0.05, 0.1) is 37.2 Å². The zero-order valence-corrected chi connectivity index (χ0v) is 15.7. The number of carbonyl (C=O) groups excluding carboxylic acids is 1. The number of ether oxygens (including phenoxy) is 1. The van der Waals surface area contributed by atoms with E-state index in [2.05, 4.69) is 10.1 Å². The second kappa shape index (κ2) is 7.82. The minimum atomic E-state index is -0.117. The molecule has 7 nitrogen and oxygen atoms in total. The molecule has 28 heavy (non-hydrogen) atoms. The molecular formula is C21H22N4O3. The number of rotatable bonds is 5. The molecule has 0 unspecified atom stereocenters. The van der Waals surface area contributed by atoms with Crippen LogP contribution in [0.1, 0.15) is 33.5 Å². The van der Waals surface area contributed by atoms with Crippen LogP contribution in [0.3, 0.4) is 0 Å². The van der Waals surface area contributed by atoms with Crippen molar-refractivity contribution in [3.63, 3.8) is 0 Å². The van der Waals surface area contributed by atoms with Gasteiger partial charge in [0.15, 0.2) is 0 Å². The monoisotopic (exact) mass is 378 g/mol. The average Bonchev–Trinajstić information content (AvgIpc) is 3.16. The van der Waals surface area contributed by atoms with E-state index < -0.39 is 0 Å². The van der Waals surface area contributed by atoms with E-state index in [1.165, 1.54) is 6.07 Å². The number of phenols is 1. The van der Waals surface area contributed by atoms with E-state index in [-0.39, 0.29) is 17.7 Å². The molecule has 0 fully saturated rings. The van der Waals surface area contributed by atoms with E-state index in [9.17, 15) is 9.90 Å². The van der Waals surface area contributed by atoms with Crippen LogP contribution in [0, 0.1) is 6.92 Å². The second-order valence-electron chi connectivity index (χ2n) is 6.94. The fourth-order valence-electron chi connectivity index (χ4n) is 3.47. The second-order valence-corrected chi connectivity index (χ2v) is 6.94. The molecule has 2 aromatic heterocycles. The summed E-state index contributed by atoms with van der Waals surface area (Å²) in [6.45, 7) is 3.75. The number of aromatic nitrogens is 3. The van der Waals surface area contributed by atoms with Gasteiger partial charge in [-0.2, -0.15) is 5.10 Å². The van der Waals surface area contributed by atoms with Gasteiger partial charge in [0.1, 0.15) is 5.75 Å². The number of hydrogen-bond donors (Lipinski definition) is 1. The SMILES string of the molecule is Cc1cccc(COC[C@@H]2CN(C(=O)c3cccc(O)c3)Cc3ccnn32)n1. The van der Waals surface area contributed by atoms with Crippen molar-refractivity contribution in [3.8, 4) is 5.75 Å². The maximum absolute atomic E-state index is 12.9. The summed E-state index contributed by atoms with van der Waals surface area (Å²) in [5, 5.41) is 14.1. The molecule has 0 saturated heterocycles. The predicted molar refractivity (Wildman–Crippen MR) is 103 cm³/mol. The Balaban J connectivity index is 1.46. The summed E-state index contributed by atoms with van der Waals surface area (Å²) >= 11 is 0. The van der Waals surface area contributed by atoms with Crippen molar-refractivity contribution in [2.45, 2.75) is 26.1 Å². The predicted octanol–water partition coefficient (Wildman–Crippen LogP) is 2.71. The summed E-state index contributed by atoms with van der Waals surface area (Å²) in [5.41, 5.74) is 3.26. The molecule has 0 saturated carbocycles. The van der Waals surface area contributed by atoms with E-state index in [0.717, 1.165) is 17.1 Å². The van der Waals surface area contributed by atoms with Crippen LogP contribution < -0.4 is 0 Å². The van der Waals surface area contributed by atoms with Crippen molar-refractivity contribution in [2.75, 3.05) is 13.2 Å². The number of pyridine rings is 1. The Kier molecular flexibility index (Phi) is 5.08. The summed E-state index contributed by atoms with van der Waals surface area (Å²) in [7, 11) is 0. The molecule has 1 amide bonds. The number of aryl methyl sites for hydroxylation is 1. The minimum absolute atomic E-state index is 0.0789.